The minimum atomic E-state index is 0.214. The number of nitrogens with two attached hydrogens (primary N) is 1. The summed E-state index contributed by atoms with van der Waals surface area (Å²) in [5.41, 5.74) is 7.91. The maximum atomic E-state index is 12.4. The van der Waals surface area contributed by atoms with Crippen LogP contribution in [-0.2, 0) is 11.2 Å². The number of rotatable bonds is 5. The second-order valence-electron chi connectivity index (χ2n) is 5.14. The molecule has 0 radical (unpaired) electrons. The summed E-state index contributed by atoms with van der Waals surface area (Å²) >= 11 is 1.70. The van der Waals surface area contributed by atoms with E-state index in [2.05, 4.69) is 19.9 Å². The van der Waals surface area contributed by atoms with Crippen LogP contribution in [0.15, 0.2) is 24.3 Å². The van der Waals surface area contributed by atoms with Crippen molar-refractivity contribution >= 4 is 23.4 Å². The summed E-state index contributed by atoms with van der Waals surface area (Å²) in [5.74, 6) is 0.756. The first-order valence-electron chi connectivity index (χ1n) is 6.85. The van der Waals surface area contributed by atoms with Crippen LogP contribution < -0.4 is 10.6 Å². The van der Waals surface area contributed by atoms with Crippen molar-refractivity contribution in [1.82, 2.24) is 0 Å². The Kier molecular flexibility index (Phi) is 4.88. The number of anilines is 1. The third-order valence-electron chi connectivity index (χ3n) is 3.54. The van der Waals surface area contributed by atoms with Crippen molar-refractivity contribution in [3.05, 3.63) is 29.8 Å². The van der Waals surface area contributed by atoms with E-state index in [1.807, 2.05) is 23.1 Å². The minimum Gasteiger partial charge on any atom is -0.330 e. The van der Waals surface area contributed by atoms with Crippen molar-refractivity contribution in [2.24, 2.45) is 5.73 Å². The number of para-hydroxylation sites is 1. The first-order chi connectivity index (χ1) is 9.13. The molecule has 1 heterocycles. The molecule has 0 saturated carbocycles. The Bertz CT molecular complexity index is 450. The van der Waals surface area contributed by atoms with Gasteiger partial charge >= 0.3 is 0 Å². The molecule has 0 aromatic heterocycles. The Morgan fingerprint density at radius 3 is 3.00 bits per heavy atom. The zero-order valence-corrected chi connectivity index (χ0v) is 12.5. The topological polar surface area (TPSA) is 46.3 Å². The number of hydrogen-bond donors (Lipinski definition) is 1. The Morgan fingerprint density at radius 1 is 1.53 bits per heavy atom. The van der Waals surface area contributed by atoms with E-state index in [9.17, 15) is 4.79 Å². The highest BCUT2D eigenvalue weighted by Crippen LogP contribution is 2.32. The lowest BCUT2D eigenvalue weighted by atomic mass is 10.1. The molecular weight excluding hydrogens is 256 g/mol. The third kappa shape index (κ3) is 3.31. The molecule has 4 heteroatoms. The van der Waals surface area contributed by atoms with Gasteiger partial charge < -0.3 is 10.6 Å². The fourth-order valence-corrected chi connectivity index (χ4v) is 3.42. The second kappa shape index (κ2) is 6.44. The molecule has 19 heavy (non-hydrogen) atoms. The zero-order chi connectivity index (χ0) is 13.8. The maximum absolute atomic E-state index is 12.4. The summed E-state index contributed by atoms with van der Waals surface area (Å²) in [6.07, 6.45) is 1.93. The summed E-state index contributed by atoms with van der Waals surface area (Å²) in [6.45, 7) is 4.93. The molecule has 0 saturated heterocycles. The summed E-state index contributed by atoms with van der Waals surface area (Å²) in [5, 5.41) is 0.446. The lowest BCUT2D eigenvalue weighted by Gasteiger charge is -2.23. The van der Waals surface area contributed by atoms with Crippen LogP contribution in [0.5, 0.6) is 0 Å². The first-order valence-corrected chi connectivity index (χ1v) is 7.90. The molecule has 2 N–H and O–H groups in total. The van der Waals surface area contributed by atoms with Crippen molar-refractivity contribution in [3.63, 3.8) is 0 Å². The Labute approximate surface area is 119 Å². The van der Waals surface area contributed by atoms with E-state index in [1.54, 1.807) is 11.8 Å². The highest BCUT2D eigenvalue weighted by Gasteiger charge is 2.30. The minimum absolute atomic E-state index is 0.214. The molecule has 0 aliphatic carbocycles. The molecule has 0 fully saturated rings. The van der Waals surface area contributed by atoms with Gasteiger partial charge in [0, 0.05) is 17.0 Å². The van der Waals surface area contributed by atoms with E-state index in [0.717, 1.165) is 18.5 Å². The lowest BCUT2D eigenvalue weighted by Crippen LogP contribution is -2.37. The summed E-state index contributed by atoms with van der Waals surface area (Å²) < 4.78 is 0. The van der Waals surface area contributed by atoms with Crippen LogP contribution in [0.1, 0.15) is 25.8 Å². The van der Waals surface area contributed by atoms with Crippen molar-refractivity contribution in [2.75, 3.05) is 17.2 Å². The van der Waals surface area contributed by atoms with Gasteiger partial charge in [-0.3, -0.25) is 4.79 Å². The molecular formula is C15H22N2OS. The molecule has 2 atom stereocenters. The van der Waals surface area contributed by atoms with Crippen molar-refractivity contribution in [2.45, 2.75) is 38.0 Å². The quantitative estimate of drug-likeness (QED) is 0.900. The van der Waals surface area contributed by atoms with Gasteiger partial charge in [0.2, 0.25) is 5.91 Å². The second-order valence-corrected chi connectivity index (χ2v) is 6.57. The van der Waals surface area contributed by atoms with E-state index in [1.165, 1.54) is 5.56 Å². The van der Waals surface area contributed by atoms with Crippen LogP contribution in [0.25, 0.3) is 0 Å². The molecule has 0 bridgehead atoms. The molecule has 1 aliphatic rings. The molecule has 2 rings (SSSR count). The third-order valence-corrected chi connectivity index (χ3v) is 4.76. The molecule has 104 valence electrons. The summed E-state index contributed by atoms with van der Waals surface area (Å²) in [6, 6.07) is 8.47. The molecule has 3 nitrogen and oxygen atoms in total. The highest BCUT2D eigenvalue weighted by atomic mass is 32.2. The van der Waals surface area contributed by atoms with Gasteiger partial charge in [-0.25, -0.2) is 0 Å². The average Bonchev–Trinajstić information content (AvgIpc) is 2.72. The molecule has 2 unspecified atom stereocenters. The Hall–Kier alpha value is -1.00. The van der Waals surface area contributed by atoms with Gasteiger partial charge in [0.1, 0.15) is 0 Å². The fraction of sp³-hybridized carbons (Fsp3) is 0.533. The number of carbonyl (C=O) groups excluding carboxylic acids is 1. The predicted molar refractivity (Wildman–Crippen MR) is 82.7 cm³/mol. The lowest BCUT2D eigenvalue weighted by molar-refractivity contribution is -0.116. The SMILES string of the molecule is CC(CCN)SCC(=O)N1c2ccccc2CC1C. The standard InChI is InChI=1S/C15H22N2OS/c1-11-9-13-5-3-4-6-14(13)17(11)15(18)10-19-12(2)7-8-16/h3-6,11-12H,7-10,16H2,1-2H3. The largest absolute Gasteiger partial charge is 0.330 e. The molecule has 1 aliphatic heterocycles. The summed E-state index contributed by atoms with van der Waals surface area (Å²) in [7, 11) is 0. The van der Waals surface area contributed by atoms with Gasteiger partial charge in [-0.2, -0.15) is 0 Å². The van der Waals surface area contributed by atoms with Crippen LogP contribution in [-0.4, -0.2) is 29.5 Å². The van der Waals surface area contributed by atoms with Crippen molar-refractivity contribution in [3.8, 4) is 0 Å². The van der Waals surface area contributed by atoms with Crippen LogP contribution in [0, 0.1) is 0 Å². The average molecular weight is 278 g/mol. The molecule has 1 amide bonds. The van der Waals surface area contributed by atoms with E-state index >= 15 is 0 Å². The monoisotopic (exact) mass is 278 g/mol. The van der Waals surface area contributed by atoms with Crippen molar-refractivity contribution in [1.29, 1.82) is 0 Å². The highest BCUT2D eigenvalue weighted by molar-refractivity contribution is 8.00. The van der Waals surface area contributed by atoms with Crippen molar-refractivity contribution < 1.29 is 4.79 Å². The number of carbonyl (C=O) groups is 1. The maximum Gasteiger partial charge on any atom is 0.237 e. The fourth-order valence-electron chi connectivity index (χ4n) is 2.55. The number of benzene rings is 1. The number of fused-ring (bicyclic) bond motifs is 1. The van der Waals surface area contributed by atoms with Crippen LogP contribution >= 0.6 is 11.8 Å². The normalized spacial score (nSPS) is 19.3. The van der Waals surface area contributed by atoms with Gasteiger partial charge in [-0.1, -0.05) is 25.1 Å². The van der Waals surface area contributed by atoms with E-state index in [4.69, 9.17) is 5.73 Å². The molecule has 1 aromatic carbocycles. The van der Waals surface area contributed by atoms with Crippen LogP contribution in [0.4, 0.5) is 5.69 Å². The number of hydrogen-bond acceptors (Lipinski definition) is 3. The van der Waals surface area contributed by atoms with E-state index in [0.29, 0.717) is 17.5 Å². The van der Waals surface area contributed by atoms with Crippen LogP contribution in [0.2, 0.25) is 0 Å². The van der Waals surface area contributed by atoms with E-state index in [-0.39, 0.29) is 11.9 Å². The van der Waals surface area contributed by atoms with Crippen LogP contribution in [0.3, 0.4) is 0 Å². The zero-order valence-electron chi connectivity index (χ0n) is 11.6. The molecule has 1 aromatic rings. The number of nitrogens with zero attached hydrogens (tertiary/aromatic N) is 1. The predicted octanol–water partition coefficient (Wildman–Crippen LogP) is 2.43. The van der Waals surface area contributed by atoms with Gasteiger partial charge in [0.25, 0.3) is 0 Å². The Morgan fingerprint density at radius 2 is 2.26 bits per heavy atom. The number of thioether (sulfide) groups is 1. The van der Waals surface area contributed by atoms with Gasteiger partial charge in [-0.15, -0.1) is 11.8 Å². The Balaban J connectivity index is 2.00. The summed E-state index contributed by atoms with van der Waals surface area (Å²) in [4.78, 5) is 14.4. The van der Waals surface area contributed by atoms with Gasteiger partial charge in [0.05, 0.1) is 5.75 Å². The van der Waals surface area contributed by atoms with Gasteiger partial charge in [-0.05, 0) is 37.9 Å². The molecule has 0 spiro atoms. The van der Waals surface area contributed by atoms with E-state index < -0.39 is 0 Å². The first kappa shape index (κ1) is 14.4. The number of amides is 1. The smallest absolute Gasteiger partial charge is 0.237 e. The van der Waals surface area contributed by atoms with Gasteiger partial charge in [0.15, 0.2) is 0 Å².